The standard InChI is InChI=1S/C22H26N2O5/c1-4-10-24-17-13-16(8-9-18(17)29-14-20(24)25)21(26)15(3)23-11-6-7-19(22(23)27)28-12-5-2/h6-9,11,13,15H,4-5,10,12,14H2,1-3H3. The summed E-state index contributed by atoms with van der Waals surface area (Å²) in [5.41, 5.74) is 0.668. The van der Waals surface area contributed by atoms with E-state index in [2.05, 4.69) is 0 Å². The van der Waals surface area contributed by atoms with E-state index < -0.39 is 6.04 Å². The monoisotopic (exact) mass is 398 g/mol. The van der Waals surface area contributed by atoms with Gasteiger partial charge in [0.1, 0.15) is 5.75 Å². The summed E-state index contributed by atoms with van der Waals surface area (Å²) in [5, 5.41) is 0. The van der Waals surface area contributed by atoms with Crippen LogP contribution in [0.5, 0.6) is 11.5 Å². The highest BCUT2D eigenvalue weighted by atomic mass is 16.5. The Labute approximate surface area is 169 Å². The van der Waals surface area contributed by atoms with Crippen molar-refractivity contribution in [3.05, 3.63) is 52.4 Å². The Morgan fingerprint density at radius 3 is 2.72 bits per heavy atom. The van der Waals surface area contributed by atoms with Gasteiger partial charge in [-0.3, -0.25) is 14.4 Å². The zero-order chi connectivity index (χ0) is 21.0. The van der Waals surface area contributed by atoms with Crippen LogP contribution in [0.15, 0.2) is 41.3 Å². The molecule has 1 aliphatic heterocycles. The first-order valence-corrected chi connectivity index (χ1v) is 9.93. The van der Waals surface area contributed by atoms with Crippen LogP contribution in [-0.2, 0) is 4.79 Å². The van der Waals surface area contributed by atoms with Crippen molar-refractivity contribution in [3.63, 3.8) is 0 Å². The molecule has 0 saturated carbocycles. The van der Waals surface area contributed by atoms with Crippen molar-refractivity contribution in [2.45, 2.75) is 39.7 Å². The van der Waals surface area contributed by atoms with Gasteiger partial charge in [-0.25, -0.2) is 0 Å². The van der Waals surface area contributed by atoms with E-state index in [1.807, 2.05) is 13.8 Å². The third-order valence-electron chi connectivity index (χ3n) is 4.83. The van der Waals surface area contributed by atoms with Crippen molar-refractivity contribution in [2.75, 3.05) is 24.7 Å². The molecule has 29 heavy (non-hydrogen) atoms. The molecule has 1 atom stereocenters. The molecule has 0 saturated heterocycles. The molecular formula is C22H26N2O5. The number of pyridine rings is 1. The molecule has 0 bridgehead atoms. The van der Waals surface area contributed by atoms with Gasteiger partial charge >= 0.3 is 0 Å². The van der Waals surface area contributed by atoms with Gasteiger partial charge in [-0.05, 0) is 50.1 Å². The maximum absolute atomic E-state index is 13.1. The van der Waals surface area contributed by atoms with Gasteiger partial charge < -0.3 is 18.9 Å². The van der Waals surface area contributed by atoms with E-state index in [-0.39, 0.29) is 29.6 Å². The molecule has 7 nitrogen and oxygen atoms in total. The van der Waals surface area contributed by atoms with Gasteiger partial charge in [-0.1, -0.05) is 13.8 Å². The largest absolute Gasteiger partial charge is 0.488 e. The smallest absolute Gasteiger partial charge is 0.293 e. The van der Waals surface area contributed by atoms with Crippen molar-refractivity contribution in [3.8, 4) is 11.5 Å². The summed E-state index contributed by atoms with van der Waals surface area (Å²) >= 11 is 0. The lowest BCUT2D eigenvalue weighted by Crippen LogP contribution is -2.39. The van der Waals surface area contributed by atoms with E-state index in [4.69, 9.17) is 9.47 Å². The summed E-state index contributed by atoms with van der Waals surface area (Å²) in [6, 6.07) is 7.62. The second kappa shape index (κ2) is 8.94. The Morgan fingerprint density at radius 1 is 1.21 bits per heavy atom. The third kappa shape index (κ3) is 4.18. The van der Waals surface area contributed by atoms with Gasteiger partial charge in [0.2, 0.25) is 0 Å². The van der Waals surface area contributed by atoms with Crippen LogP contribution in [0.3, 0.4) is 0 Å². The molecule has 1 unspecified atom stereocenters. The average molecular weight is 398 g/mol. The number of anilines is 1. The number of hydrogen-bond donors (Lipinski definition) is 0. The number of nitrogens with zero attached hydrogens (tertiary/aromatic N) is 2. The van der Waals surface area contributed by atoms with Crippen molar-refractivity contribution in [1.82, 2.24) is 4.57 Å². The molecule has 0 N–H and O–H groups in total. The molecule has 2 heterocycles. The van der Waals surface area contributed by atoms with E-state index in [0.29, 0.717) is 30.2 Å². The Morgan fingerprint density at radius 2 is 2.00 bits per heavy atom. The molecule has 1 aromatic heterocycles. The number of amides is 1. The average Bonchev–Trinajstić information content (AvgIpc) is 2.73. The summed E-state index contributed by atoms with van der Waals surface area (Å²) in [5.74, 6) is 0.452. The molecule has 0 radical (unpaired) electrons. The predicted molar refractivity (Wildman–Crippen MR) is 110 cm³/mol. The van der Waals surface area contributed by atoms with Crippen LogP contribution in [0, 0.1) is 0 Å². The first kappa shape index (κ1) is 20.6. The van der Waals surface area contributed by atoms with Crippen molar-refractivity contribution < 1.29 is 19.1 Å². The van der Waals surface area contributed by atoms with Gasteiger partial charge in [0.05, 0.1) is 18.3 Å². The van der Waals surface area contributed by atoms with Gasteiger partial charge in [0.15, 0.2) is 18.1 Å². The Kier molecular flexibility index (Phi) is 6.36. The van der Waals surface area contributed by atoms with Crippen LogP contribution in [0.4, 0.5) is 5.69 Å². The van der Waals surface area contributed by atoms with E-state index in [0.717, 1.165) is 12.8 Å². The number of Topliss-reactive ketones (excluding diaryl/α,β-unsaturated/α-hetero) is 1. The fourth-order valence-corrected chi connectivity index (χ4v) is 3.31. The number of aromatic nitrogens is 1. The minimum atomic E-state index is -0.717. The molecule has 3 rings (SSSR count). The van der Waals surface area contributed by atoms with E-state index in [1.54, 1.807) is 48.4 Å². The lowest BCUT2D eigenvalue weighted by Gasteiger charge is -2.29. The molecular weight excluding hydrogens is 372 g/mol. The number of rotatable bonds is 8. The fourth-order valence-electron chi connectivity index (χ4n) is 3.31. The molecule has 0 spiro atoms. The summed E-state index contributed by atoms with van der Waals surface area (Å²) < 4.78 is 12.3. The topological polar surface area (TPSA) is 77.8 Å². The number of carbonyl (C=O) groups is 2. The Bertz CT molecular complexity index is 966. The summed E-state index contributed by atoms with van der Waals surface area (Å²) in [6.07, 6.45) is 3.16. The van der Waals surface area contributed by atoms with Crippen LogP contribution >= 0.6 is 0 Å². The highest BCUT2D eigenvalue weighted by Gasteiger charge is 2.27. The van der Waals surface area contributed by atoms with Crippen molar-refractivity contribution in [2.24, 2.45) is 0 Å². The zero-order valence-corrected chi connectivity index (χ0v) is 17.0. The molecule has 0 fully saturated rings. The van der Waals surface area contributed by atoms with Crippen LogP contribution in [-0.4, -0.2) is 36.0 Å². The number of carbonyl (C=O) groups excluding carboxylic acids is 2. The number of fused-ring (bicyclic) bond motifs is 1. The highest BCUT2D eigenvalue weighted by molar-refractivity contribution is 6.03. The van der Waals surface area contributed by atoms with Crippen LogP contribution in [0.2, 0.25) is 0 Å². The van der Waals surface area contributed by atoms with Crippen LogP contribution < -0.4 is 19.9 Å². The molecule has 1 aliphatic rings. The SMILES string of the molecule is CCCOc1cccn(C(C)C(=O)c2ccc3c(c2)N(CCC)C(=O)CO3)c1=O. The van der Waals surface area contributed by atoms with Gasteiger partial charge in [-0.2, -0.15) is 0 Å². The minimum Gasteiger partial charge on any atom is -0.488 e. The van der Waals surface area contributed by atoms with Gasteiger partial charge in [0.25, 0.3) is 11.5 Å². The molecule has 154 valence electrons. The molecule has 0 aliphatic carbocycles. The second-order valence-electron chi connectivity index (χ2n) is 6.99. The molecule has 1 aromatic carbocycles. The highest BCUT2D eigenvalue weighted by Crippen LogP contribution is 2.34. The molecule has 2 aromatic rings. The maximum atomic E-state index is 13.1. The van der Waals surface area contributed by atoms with Gasteiger partial charge in [0, 0.05) is 18.3 Å². The van der Waals surface area contributed by atoms with Crippen LogP contribution in [0.1, 0.15) is 50.0 Å². The van der Waals surface area contributed by atoms with Gasteiger partial charge in [-0.15, -0.1) is 0 Å². The normalized spacial score (nSPS) is 14.2. The first-order chi connectivity index (χ1) is 14.0. The quantitative estimate of drug-likeness (QED) is 0.638. The molecule has 7 heteroatoms. The fraction of sp³-hybridized carbons (Fsp3) is 0.409. The lowest BCUT2D eigenvalue weighted by molar-refractivity contribution is -0.121. The number of ketones is 1. The number of hydrogen-bond acceptors (Lipinski definition) is 5. The van der Waals surface area contributed by atoms with E-state index >= 15 is 0 Å². The minimum absolute atomic E-state index is 0.00333. The van der Waals surface area contributed by atoms with E-state index in [1.165, 1.54) is 4.57 Å². The number of ether oxygens (including phenoxy) is 2. The second-order valence-corrected chi connectivity index (χ2v) is 6.99. The molecule has 1 amide bonds. The zero-order valence-electron chi connectivity index (χ0n) is 17.0. The van der Waals surface area contributed by atoms with Crippen LogP contribution in [0.25, 0.3) is 0 Å². The van der Waals surface area contributed by atoms with E-state index in [9.17, 15) is 14.4 Å². The Balaban J connectivity index is 1.91. The first-order valence-electron chi connectivity index (χ1n) is 9.93. The number of benzene rings is 1. The Hall–Kier alpha value is -3.09. The van der Waals surface area contributed by atoms with Crippen molar-refractivity contribution in [1.29, 1.82) is 0 Å². The summed E-state index contributed by atoms with van der Waals surface area (Å²) in [4.78, 5) is 39.6. The summed E-state index contributed by atoms with van der Waals surface area (Å²) in [6.45, 7) is 6.61. The predicted octanol–water partition coefficient (Wildman–Crippen LogP) is 3.22. The van der Waals surface area contributed by atoms with Crippen molar-refractivity contribution >= 4 is 17.4 Å². The maximum Gasteiger partial charge on any atom is 0.293 e. The third-order valence-corrected chi connectivity index (χ3v) is 4.83. The lowest BCUT2D eigenvalue weighted by atomic mass is 10.0. The summed E-state index contributed by atoms with van der Waals surface area (Å²) in [7, 11) is 0.